The van der Waals surface area contributed by atoms with E-state index in [9.17, 15) is 4.79 Å². The van der Waals surface area contributed by atoms with Crippen LogP contribution in [0.25, 0.3) is 0 Å². The smallest absolute Gasteiger partial charge is 0.354 e. The van der Waals surface area contributed by atoms with Gasteiger partial charge in [0.2, 0.25) is 5.28 Å². The molecule has 0 saturated carbocycles. The van der Waals surface area contributed by atoms with Crippen molar-refractivity contribution in [1.82, 2.24) is 9.97 Å². The van der Waals surface area contributed by atoms with Gasteiger partial charge in [0, 0.05) is 6.07 Å². The van der Waals surface area contributed by atoms with Gasteiger partial charge < -0.3 is 5.11 Å². The highest BCUT2D eigenvalue weighted by Crippen LogP contribution is 2.10. The predicted octanol–water partition coefficient (Wildman–Crippen LogP) is 1.59. The van der Waals surface area contributed by atoms with E-state index < -0.39 is 5.97 Å². The minimum absolute atomic E-state index is 0.0863. The highest BCUT2D eigenvalue weighted by molar-refractivity contribution is 9.10. The molecule has 1 heterocycles. The molecule has 0 spiro atoms. The number of nitrogens with zero attached hydrogens (tertiary/aromatic N) is 2. The lowest BCUT2D eigenvalue weighted by Crippen LogP contribution is -2.01. The monoisotopic (exact) mass is 236 g/mol. The van der Waals surface area contributed by atoms with E-state index in [1.807, 2.05) is 0 Å². The average molecular weight is 237 g/mol. The second-order valence-corrected chi connectivity index (χ2v) is 2.80. The number of aromatic nitrogens is 2. The average Bonchev–Trinajstić information content (AvgIpc) is 1.85. The molecule has 1 aromatic rings. The van der Waals surface area contributed by atoms with Gasteiger partial charge in [-0.15, -0.1) is 0 Å². The van der Waals surface area contributed by atoms with Gasteiger partial charge in [-0.2, -0.15) is 0 Å². The molecular formula is C5H2BrClN2O2. The molecule has 0 aromatic carbocycles. The van der Waals surface area contributed by atoms with Gasteiger partial charge in [-0.05, 0) is 27.5 Å². The third-order valence-corrected chi connectivity index (χ3v) is 1.46. The molecule has 4 nitrogen and oxygen atoms in total. The third kappa shape index (κ3) is 2.13. The summed E-state index contributed by atoms with van der Waals surface area (Å²) in [6.07, 6.45) is 0. The Morgan fingerprint density at radius 1 is 1.64 bits per heavy atom. The fourth-order valence-electron chi connectivity index (χ4n) is 0.499. The fourth-order valence-corrected chi connectivity index (χ4v) is 1.17. The highest BCUT2D eigenvalue weighted by atomic mass is 79.9. The number of halogens is 2. The van der Waals surface area contributed by atoms with Crippen LogP contribution in [0.15, 0.2) is 10.7 Å². The molecule has 0 fully saturated rings. The minimum Gasteiger partial charge on any atom is -0.477 e. The summed E-state index contributed by atoms with van der Waals surface area (Å²) < 4.78 is 0.356. The van der Waals surface area contributed by atoms with Crippen molar-refractivity contribution in [2.24, 2.45) is 0 Å². The Hall–Kier alpha value is -0.680. The van der Waals surface area contributed by atoms with Gasteiger partial charge in [0.1, 0.15) is 4.60 Å². The lowest BCUT2D eigenvalue weighted by Gasteiger charge is -1.94. The van der Waals surface area contributed by atoms with Crippen molar-refractivity contribution in [2.75, 3.05) is 0 Å². The molecule has 1 rings (SSSR count). The zero-order chi connectivity index (χ0) is 8.43. The Balaban J connectivity index is 3.19. The standard InChI is InChI=1S/C5H2BrClN2O2/c6-3-1-2(4(10)11)8-5(7)9-3/h1H,(H,10,11). The van der Waals surface area contributed by atoms with E-state index in [0.29, 0.717) is 4.60 Å². The van der Waals surface area contributed by atoms with Gasteiger partial charge in [-0.25, -0.2) is 14.8 Å². The van der Waals surface area contributed by atoms with Crippen LogP contribution in [-0.4, -0.2) is 21.0 Å². The molecule has 1 aromatic heterocycles. The van der Waals surface area contributed by atoms with E-state index in [1.54, 1.807) is 0 Å². The second kappa shape index (κ2) is 3.15. The van der Waals surface area contributed by atoms with Gasteiger partial charge in [0.05, 0.1) is 0 Å². The van der Waals surface area contributed by atoms with Crippen molar-refractivity contribution in [3.8, 4) is 0 Å². The summed E-state index contributed by atoms with van der Waals surface area (Å²) >= 11 is 8.36. The highest BCUT2D eigenvalue weighted by Gasteiger charge is 2.06. The summed E-state index contributed by atoms with van der Waals surface area (Å²) in [7, 11) is 0. The molecule has 6 heteroatoms. The maximum Gasteiger partial charge on any atom is 0.354 e. The Kier molecular flexibility index (Phi) is 2.41. The Labute approximate surface area is 75.4 Å². The molecule has 0 radical (unpaired) electrons. The maximum absolute atomic E-state index is 10.3. The van der Waals surface area contributed by atoms with Crippen molar-refractivity contribution in [2.45, 2.75) is 0 Å². The number of aromatic carboxylic acids is 1. The molecule has 58 valence electrons. The van der Waals surface area contributed by atoms with Crippen LogP contribution >= 0.6 is 27.5 Å². The largest absolute Gasteiger partial charge is 0.477 e. The first-order chi connectivity index (χ1) is 5.09. The van der Waals surface area contributed by atoms with E-state index in [2.05, 4.69) is 25.9 Å². The summed E-state index contributed by atoms with van der Waals surface area (Å²) in [5.41, 5.74) is -0.128. The van der Waals surface area contributed by atoms with Crippen LogP contribution in [0.2, 0.25) is 5.28 Å². The van der Waals surface area contributed by atoms with Gasteiger partial charge in [0.15, 0.2) is 5.69 Å². The van der Waals surface area contributed by atoms with Crippen LogP contribution in [0.1, 0.15) is 10.5 Å². The van der Waals surface area contributed by atoms with E-state index in [0.717, 1.165) is 0 Å². The topological polar surface area (TPSA) is 63.1 Å². The van der Waals surface area contributed by atoms with Crippen molar-refractivity contribution < 1.29 is 9.90 Å². The van der Waals surface area contributed by atoms with Crippen LogP contribution < -0.4 is 0 Å². The molecule has 0 unspecified atom stereocenters. The summed E-state index contributed by atoms with van der Waals surface area (Å²) in [6.45, 7) is 0. The molecular weight excluding hydrogens is 235 g/mol. The summed E-state index contributed by atoms with van der Waals surface area (Å²) in [5.74, 6) is -1.13. The number of rotatable bonds is 1. The normalized spacial score (nSPS) is 9.64. The first-order valence-electron chi connectivity index (χ1n) is 2.53. The predicted molar refractivity (Wildman–Crippen MR) is 41.7 cm³/mol. The van der Waals surface area contributed by atoms with Gasteiger partial charge in [0.25, 0.3) is 0 Å². The van der Waals surface area contributed by atoms with Crippen LogP contribution in [0.5, 0.6) is 0 Å². The maximum atomic E-state index is 10.3. The quantitative estimate of drug-likeness (QED) is 0.595. The number of carboxylic acid groups (broad SMARTS) is 1. The molecule has 0 amide bonds. The van der Waals surface area contributed by atoms with Gasteiger partial charge in [-0.3, -0.25) is 0 Å². The number of hydrogen-bond donors (Lipinski definition) is 1. The minimum atomic E-state index is -1.13. The Morgan fingerprint density at radius 3 is 2.73 bits per heavy atom. The molecule has 0 aliphatic carbocycles. The van der Waals surface area contributed by atoms with Gasteiger partial charge >= 0.3 is 5.97 Å². The number of hydrogen-bond acceptors (Lipinski definition) is 3. The van der Waals surface area contributed by atoms with E-state index in [-0.39, 0.29) is 11.0 Å². The molecule has 0 atom stereocenters. The summed E-state index contributed by atoms with van der Waals surface area (Å²) in [4.78, 5) is 17.4. The van der Waals surface area contributed by atoms with Crippen molar-refractivity contribution >= 4 is 33.5 Å². The first kappa shape index (κ1) is 8.42. The van der Waals surface area contributed by atoms with E-state index in [4.69, 9.17) is 16.7 Å². The number of carbonyl (C=O) groups is 1. The van der Waals surface area contributed by atoms with Crippen molar-refractivity contribution in [1.29, 1.82) is 0 Å². The van der Waals surface area contributed by atoms with Crippen LogP contribution in [0, 0.1) is 0 Å². The molecule has 0 saturated heterocycles. The van der Waals surface area contributed by atoms with E-state index >= 15 is 0 Å². The molecule has 0 aliphatic rings. The second-order valence-electron chi connectivity index (χ2n) is 1.65. The van der Waals surface area contributed by atoms with Crippen molar-refractivity contribution in [3.63, 3.8) is 0 Å². The van der Waals surface area contributed by atoms with Crippen LogP contribution in [0.3, 0.4) is 0 Å². The summed E-state index contributed by atoms with van der Waals surface area (Å²) in [6, 6.07) is 1.27. The number of carboxylic acids is 1. The first-order valence-corrected chi connectivity index (χ1v) is 3.70. The van der Waals surface area contributed by atoms with E-state index in [1.165, 1.54) is 6.07 Å². The van der Waals surface area contributed by atoms with Crippen LogP contribution in [-0.2, 0) is 0 Å². The van der Waals surface area contributed by atoms with Crippen molar-refractivity contribution in [3.05, 3.63) is 21.6 Å². The third-order valence-electron chi connectivity index (χ3n) is 0.887. The summed E-state index contributed by atoms with van der Waals surface area (Å²) in [5, 5.41) is 8.38. The Bertz CT molecular complexity index is 284. The fraction of sp³-hybridized carbons (Fsp3) is 0. The zero-order valence-corrected chi connectivity index (χ0v) is 7.43. The Morgan fingerprint density at radius 2 is 2.27 bits per heavy atom. The molecule has 1 N–H and O–H groups in total. The lowest BCUT2D eigenvalue weighted by atomic mass is 10.4. The zero-order valence-electron chi connectivity index (χ0n) is 5.08. The molecule has 11 heavy (non-hydrogen) atoms. The van der Waals surface area contributed by atoms with Gasteiger partial charge in [-0.1, -0.05) is 0 Å². The SMILES string of the molecule is O=C(O)c1cc(Br)nc(Cl)n1. The molecule has 0 bridgehead atoms. The lowest BCUT2D eigenvalue weighted by molar-refractivity contribution is 0.0690. The van der Waals surface area contributed by atoms with Crippen LogP contribution in [0.4, 0.5) is 0 Å². The molecule has 0 aliphatic heterocycles.